The number of hydrogen-bond donors (Lipinski definition) is 1. The molecule has 0 heterocycles. The number of rotatable bonds is 20. The lowest BCUT2D eigenvalue weighted by Crippen LogP contribution is -2.06. The number of carbonyl (C=O) groups is 1. The van der Waals surface area contributed by atoms with Gasteiger partial charge >= 0.3 is 5.97 Å². The molecular formula is C23H44O2S. The van der Waals surface area contributed by atoms with Crippen LogP contribution in [0, 0.1) is 0 Å². The number of carbonyl (C=O) groups excluding carboxylic acids is 1. The second kappa shape index (κ2) is 22.6. The fourth-order valence-electron chi connectivity index (χ4n) is 3.10. The van der Waals surface area contributed by atoms with Gasteiger partial charge in [-0.2, -0.15) is 12.6 Å². The van der Waals surface area contributed by atoms with Crippen LogP contribution in [0.1, 0.15) is 116 Å². The van der Waals surface area contributed by atoms with Gasteiger partial charge in [-0.1, -0.05) is 89.7 Å². The van der Waals surface area contributed by atoms with Crippen LogP contribution in [0.4, 0.5) is 0 Å². The van der Waals surface area contributed by atoms with E-state index in [1.54, 1.807) is 0 Å². The lowest BCUT2D eigenvalue weighted by Gasteiger charge is -2.03. The van der Waals surface area contributed by atoms with E-state index in [0.29, 0.717) is 18.8 Å². The van der Waals surface area contributed by atoms with Crippen LogP contribution < -0.4 is 0 Å². The molecule has 0 aromatic carbocycles. The highest BCUT2D eigenvalue weighted by Crippen LogP contribution is 2.12. The third-order valence-corrected chi connectivity index (χ3v) is 4.93. The highest BCUT2D eigenvalue weighted by Gasteiger charge is 2.01. The smallest absolute Gasteiger partial charge is 0.305 e. The van der Waals surface area contributed by atoms with Crippen molar-refractivity contribution in [2.45, 2.75) is 116 Å². The van der Waals surface area contributed by atoms with Crippen molar-refractivity contribution in [2.24, 2.45) is 0 Å². The van der Waals surface area contributed by atoms with Crippen LogP contribution in [0.3, 0.4) is 0 Å². The Balaban J connectivity index is 3.12. The van der Waals surface area contributed by atoms with Crippen LogP contribution in [-0.2, 0) is 9.53 Å². The van der Waals surface area contributed by atoms with Crippen molar-refractivity contribution in [1.82, 2.24) is 0 Å². The molecule has 3 heteroatoms. The molecule has 0 spiro atoms. The Labute approximate surface area is 169 Å². The number of esters is 1. The maximum atomic E-state index is 11.3. The van der Waals surface area contributed by atoms with E-state index in [2.05, 4.69) is 31.7 Å². The molecule has 0 aliphatic heterocycles. The second-order valence-corrected chi connectivity index (χ2v) is 7.79. The molecule has 0 amide bonds. The molecule has 0 aromatic heterocycles. The number of allylic oxidation sites excluding steroid dienone is 2. The van der Waals surface area contributed by atoms with E-state index in [1.165, 1.54) is 89.9 Å². The Morgan fingerprint density at radius 3 is 1.69 bits per heavy atom. The zero-order chi connectivity index (χ0) is 19.1. The zero-order valence-corrected chi connectivity index (χ0v) is 18.2. The van der Waals surface area contributed by atoms with Crippen LogP contribution >= 0.6 is 12.6 Å². The molecule has 0 saturated heterocycles. The summed E-state index contributed by atoms with van der Waals surface area (Å²) in [6.07, 6.45) is 26.3. The second-order valence-electron chi connectivity index (χ2n) is 7.34. The standard InChI is InChI=1S/C23H44O2S/c1-2-3-4-5-6-7-8-9-10-11-12-13-14-15-16-17-18-19-20-23(24)25-21-22-26/h8-9,26H,2-7,10-22H2,1H3/b9-8+. The molecular weight excluding hydrogens is 340 g/mol. The molecule has 2 nitrogen and oxygen atoms in total. The molecule has 0 N–H and O–H groups in total. The molecule has 0 bridgehead atoms. The van der Waals surface area contributed by atoms with Crippen molar-refractivity contribution in [2.75, 3.05) is 12.4 Å². The van der Waals surface area contributed by atoms with Gasteiger partial charge in [0, 0.05) is 12.2 Å². The monoisotopic (exact) mass is 384 g/mol. The van der Waals surface area contributed by atoms with E-state index in [-0.39, 0.29) is 5.97 Å². The van der Waals surface area contributed by atoms with Gasteiger partial charge < -0.3 is 4.74 Å². The van der Waals surface area contributed by atoms with E-state index in [4.69, 9.17) is 4.74 Å². The fraction of sp³-hybridized carbons (Fsp3) is 0.870. The molecule has 0 rings (SSSR count). The van der Waals surface area contributed by atoms with Gasteiger partial charge in [-0.3, -0.25) is 4.79 Å². The molecule has 0 unspecified atom stereocenters. The summed E-state index contributed by atoms with van der Waals surface area (Å²) in [7, 11) is 0. The number of unbranched alkanes of at least 4 members (excludes halogenated alkanes) is 14. The van der Waals surface area contributed by atoms with Gasteiger partial charge in [-0.15, -0.1) is 0 Å². The Morgan fingerprint density at radius 1 is 0.731 bits per heavy atom. The molecule has 0 aliphatic carbocycles. The first-order chi connectivity index (χ1) is 12.8. The van der Waals surface area contributed by atoms with E-state index < -0.39 is 0 Å². The minimum Gasteiger partial charge on any atom is -0.465 e. The highest BCUT2D eigenvalue weighted by atomic mass is 32.1. The van der Waals surface area contributed by atoms with Crippen molar-refractivity contribution in [1.29, 1.82) is 0 Å². The first kappa shape index (κ1) is 25.6. The maximum absolute atomic E-state index is 11.3. The van der Waals surface area contributed by atoms with Gasteiger partial charge in [0.1, 0.15) is 6.61 Å². The average Bonchev–Trinajstić information content (AvgIpc) is 2.65. The third kappa shape index (κ3) is 21.6. The summed E-state index contributed by atoms with van der Waals surface area (Å²) in [5.74, 6) is 0.547. The quantitative estimate of drug-likeness (QED) is 0.101. The lowest BCUT2D eigenvalue weighted by atomic mass is 10.1. The third-order valence-electron chi connectivity index (χ3n) is 4.75. The topological polar surface area (TPSA) is 26.3 Å². The molecule has 26 heavy (non-hydrogen) atoms. The number of hydrogen-bond acceptors (Lipinski definition) is 3. The fourth-order valence-corrected chi connectivity index (χ4v) is 3.19. The van der Waals surface area contributed by atoms with Gasteiger partial charge in [-0.05, 0) is 32.1 Å². The SMILES string of the molecule is CCCCCCC/C=C/CCCCCCCCCCCC(=O)OCCS. The Hall–Kier alpha value is -0.440. The Kier molecular flexibility index (Phi) is 22.2. The van der Waals surface area contributed by atoms with Gasteiger partial charge in [0.25, 0.3) is 0 Å². The first-order valence-electron chi connectivity index (χ1n) is 11.2. The van der Waals surface area contributed by atoms with Crippen LogP contribution in [-0.4, -0.2) is 18.3 Å². The lowest BCUT2D eigenvalue weighted by molar-refractivity contribution is -0.143. The predicted octanol–water partition coefficient (Wildman–Crippen LogP) is 7.67. The minimum atomic E-state index is -0.0652. The Bertz CT molecular complexity index is 315. The zero-order valence-electron chi connectivity index (χ0n) is 17.4. The predicted molar refractivity (Wildman–Crippen MR) is 118 cm³/mol. The van der Waals surface area contributed by atoms with Gasteiger partial charge in [0.15, 0.2) is 0 Å². The van der Waals surface area contributed by atoms with E-state index in [9.17, 15) is 4.79 Å². The van der Waals surface area contributed by atoms with Crippen molar-refractivity contribution >= 4 is 18.6 Å². The summed E-state index contributed by atoms with van der Waals surface area (Å²) >= 11 is 4.02. The summed E-state index contributed by atoms with van der Waals surface area (Å²) in [6, 6.07) is 0. The van der Waals surface area contributed by atoms with Crippen LogP contribution in [0.25, 0.3) is 0 Å². The Morgan fingerprint density at radius 2 is 1.19 bits per heavy atom. The van der Waals surface area contributed by atoms with Crippen molar-refractivity contribution in [3.8, 4) is 0 Å². The summed E-state index contributed by atoms with van der Waals surface area (Å²) in [5.41, 5.74) is 0. The molecule has 0 fully saturated rings. The molecule has 0 saturated carbocycles. The van der Waals surface area contributed by atoms with Gasteiger partial charge in [0.2, 0.25) is 0 Å². The van der Waals surface area contributed by atoms with Crippen LogP contribution in [0.2, 0.25) is 0 Å². The van der Waals surface area contributed by atoms with Crippen LogP contribution in [0.5, 0.6) is 0 Å². The van der Waals surface area contributed by atoms with Gasteiger partial charge in [0.05, 0.1) is 0 Å². The summed E-state index contributed by atoms with van der Waals surface area (Å²) in [5, 5.41) is 0. The van der Waals surface area contributed by atoms with E-state index >= 15 is 0 Å². The van der Waals surface area contributed by atoms with Crippen molar-refractivity contribution in [3.05, 3.63) is 12.2 Å². The van der Waals surface area contributed by atoms with E-state index in [0.717, 1.165) is 12.8 Å². The van der Waals surface area contributed by atoms with E-state index in [1.807, 2.05) is 0 Å². The number of thiol groups is 1. The summed E-state index contributed by atoms with van der Waals surface area (Å²) < 4.78 is 5.00. The largest absolute Gasteiger partial charge is 0.465 e. The first-order valence-corrected chi connectivity index (χ1v) is 11.9. The molecule has 154 valence electrons. The average molecular weight is 385 g/mol. The van der Waals surface area contributed by atoms with Crippen LogP contribution in [0.15, 0.2) is 12.2 Å². The maximum Gasteiger partial charge on any atom is 0.305 e. The highest BCUT2D eigenvalue weighted by molar-refractivity contribution is 7.80. The summed E-state index contributed by atoms with van der Waals surface area (Å²) in [4.78, 5) is 11.3. The normalized spacial score (nSPS) is 11.3. The van der Waals surface area contributed by atoms with Crippen molar-refractivity contribution < 1.29 is 9.53 Å². The minimum absolute atomic E-state index is 0.0652. The molecule has 0 atom stereocenters. The summed E-state index contributed by atoms with van der Waals surface area (Å²) in [6.45, 7) is 2.71. The van der Waals surface area contributed by atoms with Gasteiger partial charge in [-0.25, -0.2) is 0 Å². The van der Waals surface area contributed by atoms with Crippen molar-refractivity contribution in [3.63, 3.8) is 0 Å². The number of ether oxygens (including phenoxy) is 1. The molecule has 0 aliphatic rings. The molecule has 0 radical (unpaired) electrons. The molecule has 0 aromatic rings.